The van der Waals surface area contributed by atoms with Crippen LogP contribution in [-0.4, -0.2) is 58.4 Å². The molecule has 0 radical (unpaired) electrons. The van der Waals surface area contributed by atoms with E-state index >= 15 is 0 Å². The van der Waals surface area contributed by atoms with Gasteiger partial charge in [-0.1, -0.05) is 17.7 Å². The molecule has 7 nitrogen and oxygen atoms in total. The number of methoxy groups -OCH3 is 1. The molecule has 162 valence electrons. The highest BCUT2D eigenvalue weighted by atomic mass is 32.1. The van der Waals surface area contributed by atoms with Crippen molar-refractivity contribution in [1.29, 1.82) is 0 Å². The molecule has 0 atom stereocenters. The van der Waals surface area contributed by atoms with Crippen LogP contribution in [0, 0.1) is 6.92 Å². The van der Waals surface area contributed by atoms with Crippen LogP contribution in [0.5, 0.6) is 5.75 Å². The van der Waals surface area contributed by atoms with Crippen molar-refractivity contribution in [3.8, 4) is 17.0 Å². The van der Waals surface area contributed by atoms with E-state index in [0.29, 0.717) is 13.1 Å². The minimum atomic E-state index is 0.0806. The minimum Gasteiger partial charge on any atom is -0.497 e. The van der Waals surface area contributed by atoms with Gasteiger partial charge in [-0.3, -0.25) is 4.79 Å². The Labute approximate surface area is 190 Å². The number of hydrogen-bond acceptors (Lipinski definition) is 7. The van der Waals surface area contributed by atoms with Crippen LogP contribution in [0.15, 0.2) is 54.9 Å². The van der Waals surface area contributed by atoms with Gasteiger partial charge in [0, 0.05) is 37.3 Å². The molecule has 2 aromatic carbocycles. The average molecular weight is 446 g/mol. The molecule has 5 rings (SSSR count). The summed E-state index contributed by atoms with van der Waals surface area (Å²) in [7, 11) is 1.65. The summed E-state index contributed by atoms with van der Waals surface area (Å²) in [5, 5.41) is 0. The molecule has 1 fully saturated rings. The predicted octanol–water partition coefficient (Wildman–Crippen LogP) is 4.03. The first-order chi connectivity index (χ1) is 15.6. The molecule has 3 heterocycles. The number of carbonyl (C=O) groups excluding carboxylic acids is 1. The predicted molar refractivity (Wildman–Crippen MR) is 126 cm³/mol. The lowest BCUT2D eigenvalue weighted by Crippen LogP contribution is -2.49. The molecule has 0 spiro atoms. The second kappa shape index (κ2) is 8.55. The monoisotopic (exact) mass is 445 g/mol. The Morgan fingerprint density at radius 2 is 1.69 bits per heavy atom. The maximum atomic E-state index is 12.8. The Morgan fingerprint density at radius 1 is 0.969 bits per heavy atom. The molecule has 0 bridgehead atoms. The van der Waals surface area contributed by atoms with Gasteiger partial charge < -0.3 is 14.5 Å². The Morgan fingerprint density at radius 3 is 2.38 bits per heavy atom. The van der Waals surface area contributed by atoms with Gasteiger partial charge >= 0.3 is 0 Å². The largest absolute Gasteiger partial charge is 0.497 e. The van der Waals surface area contributed by atoms with Gasteiger partial charge in [-0.25, -0.2) is 9.97 Å². The third kappa shape index (κ3) is 3.78. The molecule has 4 aromatic rings. The smallest absolute Gasteiger partial charge is 0.253 e. The first-order valence-electron chi connectivity index (χ1n) is 10.5. The number of benzene rings is 2. The van der Waals surface area contributed by atoms with Crippen LogP contribution >= 0.6 is 11.5 Å². The lowest BCUT2D eigenvalue weighted by Gasteiger charge is -2.35. The molecule has 1 saturated heterocycles. The summed E-state index contributed by atoms with van der Waals surface area (Å²) >= 11 is 1.42. The number of aromatic nitrogens is 3. The van der Waals surface area contributed by atoms with E-state index in [2.05, 4.69) is 19.2 Å². The highest BCUT2D eigenvalue weighted by Crippen LogP contribution is 2.35. The van der Waals surface area contributed by atoms with Crippen LogP contribution in [0.4, 0.5) is 5.82 Å². The summed E-state index contributed by atoms with van der Waals surface area (Å²) in [6.07, 6.45) is 1.60. The quantitative estimate of drug-likeness (QED) is 0.472. The van der Waals surface area contributed by atoms with E-state index in [9.17, 15) is 4.79 Å². The second-order valence-electron chi connectivity index (χ2n) is 7.78. The molecule has 1 aliphatic rings. The summed E-state index contributed by atoms with van der Waals surface area (Å²) < 4.78 is 10.9. The van der Waals surface area contributed by atoms with Gasteiger partial charge in [0.05, 0.1) is 7.11 Å². The second-order valence-corrected chi connectivity index (χ2v) is 8.55. The van der Waals surface area contributed by atoms with E-state index in [-0.39, 0.29) is 5.91 Å². The number of aryl methyl sites for hydroxylation is 1. The van der Waals surface area contributed by atoms with Crippen LogP contribution in [0.3, 0.4) is 0 Å². The minimum absolute atomic E-state index is 0.0806. The van der Waals surface area contributed by atoms with Crippen LogP contribution in [-0.2, 0) is 0 Å². The zero-order valence-corrected chi connectivity index (χ0v) is 18.8. The first-order valence-corrected chi connectivity index (χ1v) is 11.3. The molecule has 0 unspecified atom stereocenters. The van der Waals surface area contributed by atoms with Gasteiger partial charge in [-0.15, -0.1) is 0 Å². The number of hydrogen-bond donors (Lipinski definition) is 0. The van der Waals surface area contributed by atoms with E-state index < -0.39 is 0 Å². The fraction of sp³-hybridized carbons (Fsp3) is 0.250. The Hall–Kier alpha value is -3.52. The van der Waals surface area contributed by atoms with Crippen molar-refractivity contribution >= 4 is 33.5 Å². The number of rotatable bonds is 4. The first kappa shape index (κ1) is 20.4. The van der Waals surface area contributed by atoms with Crippen LogP contribution in [0.25, 0.3) is 21.5 Å². The zero-order chi connectivity index (χ0) is 22.1. The summed E-state index contributed by atoms with van der Waals surface area (Å²) in [5.41, 5.74) is 4.58. The normalized spacial score (nSPS) is 14.1. The molecule has 1 amide bonds. The summed E-state index contributed by atoms with van der Waals surface area (Å²) in [4.78, 5) is 26.1. The van der Waals surface area contributed by atoms with Gasteiger partial charge in [0.1, 0.15) is 28.0 Å². The van der Waals surface area contributed by atoms with Crippen LogP contribution in [0.2, 0.25) is 0 Å². The SMILES string of the molecule is COc1ccc(-c2nsc3c(N4CCN(C(=O)c5ccc(C)cc5)CC4)ncnc23)cc1. The number of carbonyl (C=O) groups is 1. The summed E-state index contributed by atoms with van der Waals surface area (Å²) in [5.74, 6) is 1.77. The van der Waals surface area contributed by atoms with E-state index in [1.807, 2.05) is 60.4 Å². The number of ether oxygens (including phenoxy) is 1. The lowest BCUT2D eigenvalue weighted by molar-refractivity contribution is 0.0746. The molecular formula is C24H23N5O2S. The summed E-state index contributed by atoms with van der Waals surface area (Å²) in [6.45, 7) is 4.78. The van der Waals surface area contributed by atoms with Crippen molar-refractivity contribution in [1.82, 2.24) is 19.2 Å². The third-order valence-corrected chi connectivity index (χ3v) is 6.60. The number of nitrogens with zero attached hydrogens (tertiary/aromatic N) is 5. The Bertz CT molecular complexity index is 1250. The zero-order valence-electron chi connectivity index (χ0n) is 18.0. The Balaban J connectivity index is 1.35. The van der Waals surface area contributed by atoms with Gasteiger partial charge in [0.25, 0.3) is 5.91 Å². The van der Waals surface area contributed by atoms with Crippen molar-refractivity contribution in [2.45, 2.75) is 6.92 Å². The fourth-order valence-corrected chi connectivity index (χ4v) is 4.79. The maximum Gasteiger partial charge on any atom is 0.253 e. The van der Waals surface area contributed by atoms with Gasteiger partial charge in [0.15, 0.2) is 5.82 Å². The molecular weight excluding hydrogens is 422 g/mol. The maximum absolute atomic E-state index is 12.8. The molecule has 1 aliphatic heterocycles. The lowest BCUT2D eigenvalue weighted by atomic mass is 10.1. The molecule has 0 N–H and O–H groups in total. The average Bonchev–Trinajstić information content (AvgIpc) is 3.29. The van der Waals surface area contributed by atoms with Gasteiger partial charge in [0.2, 0.25) is 0 Å². The molecule has 0 aliphatic carbocycles. The van der Waals surface area contributed by atoms with E-state index in [4.69, 9.17) is 4.74 Å². The van der Waals surface area contributed by atoms with Crippen molar-refractivity contribution in [2.75, 3.05) is 38.2 Å². The standard InChI is InChI=1S/C24H23N5O2S/c1-16-3-5-18(6-4-16)24(30)29-13-11-28(12-14-29)23-22-21(25-15-26-23)20(27-32-22)17-7-9-19(31-2)10-8-17/h3-10,15H,11-14H2,1-2H3. The Kier molecular flexibility index (Phi) is 5.45. The van der Waals surface area contributed by atoms with Crippen LogP contribution < -0.4 is 9.64 Å². The molecule has 8 heteroatoms. The van der Waals surface area contributed by atoms with Crippen LogP contribution in [0.1, 0.15) is 15.9 Å². The number of anilines is 1. The highest BCUT2D eigenvalue weighted by molar-refractivity contribution is 7.14. The van der Waals surface area contributed by atoms with E-state index in [1.54, 1.807) is 13.4 Å². The molecule has 0 saturated carbocycles. The van der Waals surface area contributed by atoms with Crippen molar-refractivity contribution in [3.63, 3.8) is 0 Å². The molecule has 32 heavy (non-hydrogen) atoms. The fourth-order valence-electron chi connectivity index (χ4n) is 3.92. The number of fused-ring (bicyclic) bond motifs is 1. The highest BCUT2D eigenvalue weighted by Gasteiger charge is 2.25. The third-order valence-electron chi connectivity index (χ3n) is 5.77. The van der Waals surface area contributed by atoms with Crippen molar-refractivity contribution in [2.24, 2.45) is 0 Å². The number of piperazine rings is 1. The van der Waals surface area contributed by atoms with E-state index in [0.717, 1.165) is 57.3 Å². The van der Waals surface area contributed by atoms with Gasteiger partial charge in [-0.05, 0) is 54.9 Å². The summed E-state index contributed by atoms with van der Waals surface area (Å²) in [6, 6.07) is 15.6. The molecule has 2 aromatic heterocycles. The van der Waals surface area contributed by atoms with Crippen molar-refractivity contribution < 1.29 is 9.53 Å². The number of amides is 1. The van der Waals surface area contributed by atoms with E-state index in [1.165, 1.54) is 11.5 Å². The van der Waals surface area contributed by atoms with Gasteiger partial charge in [-0.2, -0.15) is 4.37 Å². The topological polar surface area (TPSA) is 71.5 Å². The van der Waals surface area contributed by atoms with Crippen molar-refractivity contribution in [3.05, 3.63) is 66.0 Å².